The fraction of sp³-hybridized carbons (Fsp3) is 0.278. The summed E-state index contributed by atoms with van der Waals surface area (Å²) in [6, 6.07) is 11.3. The molecule has 0 unspecified atom stereocenters. The number of methoxy groups -OCH3 is 2. The van der Waals surface area contributed by atoms with Crippen LogP contribution >= 0.6 is 0 Å². The van der Waals surface area contributed by atoms with Crippen LogP contribution in [0.4, 0.5) is 5.69 Å². The smallest absolute Gasteiger partial charge is 0.270 e. The van der Waals surface area contributed by atoms with Crippen LogP contribution in [0.3, 0.4) is 0 Å². The molecule has 0 saturated carbocycles. The van der Waals surface area contributed by atoms with E-state index in [9.17, 15) is 14.9 Å². The number of benzene rings is 2. The highest BCUT2D eigenvalue weighted by Crippen LogP contribution is 2.34. The number of non-ortho nitro benzene ring substituents is 1. The Labute approximate surface area is 150 Å². The molecule has 0 radical (unpaired) electrons. The second kappa shape index (κ2) is 9.38. The van der Waals surface area contributed by atoms with Crippen molar-refractivity contribution in [1.82, 2.24) is 5.32 Å². The number of nitro benzene ring substituents is 1. The molecule has 2 rings (SSSR count). The molecule has 0 aliphatic rings. The van der Waals surface area contributed by atoms with Crippen molar-refractivity contribution in [1.29, 1.82) is 0 Å². The third-order valence-corrected chi connectivity index (χ3v) is 3.56. The molecule has 26 heavy (non-hydrogen) atoms. The molecule has 2 aromatic carbocycles. The minimum Gasteiger partial charge on any atom is -0.497 e. The van der Waals surface area contributed by atoms with Crippen LogP contribution in [0.5, 0.6) is 11.5 Å². The van der Waals surface area contributed by atoms with Gasteiger partial charge in [-0.25, -0.2) is 0 Å². The van der Waals surface area contributed by atoms with E-state index in [0.29, 0.717) is 35.8 Å². The summed E-state index contributed by atoms with van der Waals surface area (Å²) in [5, 5.41) is 13.7. The summed E-state index contributed by atoms with van der Waals surface area (Å²) in [4.78, 5) is 22.4. The van der Waals surface area contributed by atoms with Crippen molar-refractivity contribution in [3.63, 3.8) is 0 Å². The Morgan fingerprint density at radius 3 is 2.50 bits per heavy atom. The molecule has 8 heteroatoms. The normalized spacial score (nSPS) is 10.2. The van der Waals surface area contributed by atoms with Crippen LogP contribution in [-0.4, -0.2) is 44.8 Å². The molecule has 8 nitrogen and oxygen atoms in total. The van der Waals surface area contributed by atoms with Crippen molar-refractivity contribution >= 4 is 11.6 Å². The molecule has 0 atom stereocenters. The topological polar surface area (TPSA) is 99.9 Å². The van der Waals surface area contributed by atoms with Gasteiger partial charge >= 0.3 is 0 Å². The predicted molar refractivity (Wildman–Crippen MR) is 95.5 cm³/mol. The van der Waals surface area contributed by atoms with E-state index in [-0.39, 0.29) is 18.2 Å². The first-order valence-electron chi connectivity index (χ1n) is 7.86. The van der Waals surface area contributed by atoms with E-state index >= 15 is 0 Å². The number of amides is 1. The molecule has 1 amide bonds. The fourth-order valence-electron chi connectivity index (χ4n) is 2.24. The van der Waals surface area contributed by atoms with Gasteiger partial charge in [0.25, 0.3) is 11.6 Å². The van der Waals surface area contributed by atoms with Gasteiger partial charge in [0.15, 0.2) is 6.61 Å². The van der Waals surface area contributed by atoms with Gasteiger partial charge in [0, 0.05) is 31.4 Å². The second-order valence-corrected chi connectivity index (χ2v) is 5.30. The van der Waals surface area contributed by atoms with Crippen LogP contribution in [0.1, 0.15) is 0 Å². The molecular formula is C18H20N2O6. The lowest BCUT2D eigenvalue weighted by atomic mass is 10.0. The molecule has 0 aliphatic heterocycles. The van der Waals surface area contributed by atoms with Gasteiger partial charge in [-0.15, -0.1) is 0 Å². The Morgan fingerprint density at radius 2 is 1.88 bits per heavy atom. The number of hydrogen-bond acceptors (Lipinski definition) is 6. The Kier molecular flexibility index (Phi) is 6.92. The summed E-state index contributed by atoms with van der Waals surface area (Å²) in [6.45, 7) is 0.579. The van der Waals surface area contributed by atoms with Crippen molar-refractivity contribution in [2.75, 3.05) is 34.0 Å². The number of carbonyl (C=O) groups excluding carboxylic acids is 1. The van der Waals surface area contributed by atoms with Crippen LogP contribution < -0.4 is 14.8 Å². The highest BCUT2D eigenvalue weighted by atomic mass is 16.6. The number of carbonyl (C=O) groups is 1. The molecule has 0 aromatic heterocycles. The molecule has 0 spiro atoms. The van der Waals surface area contributed by atoms with Gasteiger partial charge in [-0.3, -0.25) is 14.9 Å². The average Bonchev–Trinajstić information content (AvgIpc) is 2.66. The summed E-state index contributed by atoms with van der Waals surface area (Å²) >= 11 is 0. The number of nitrogens with zero attached hydrogens (tertiary/aromatic N) is 1. The van der Waals surface area contributed by atoms with Crippen LogP contribution in [-0.2, 0) is 9.53 Å². The monoisotopic (exact) mass is 360 g/mol. The lowest BCUT2D eigenvalue weighted by Crippen LogP contribution is -2.31. The highest BCUT2D eigenvalue weighted by molar-refractivity contribution is 5.78. The van der Waals surface area contributed by atoms with Gasteiger partial charge in [-0.05, 0) is 23.8 Å². The number of rotatable bonds is 9. The lowest BCUT2D eigenvalue weighted by Gasteiger charge is -2.12. The fourth-order valence-corrected chi connectivity index (χ4v) is 2.24. The maximum absolute atomic E-state index is 11.8. The molecule has 0 saturated heterocycles. The summed E-state index contributed by atoms with van der Waals surface area (Å²) < 4.78 is 15.5. The number of ether oxygens (including phenoxy) is 3. The van der Waals surface area contributed by atoms with Gasteiger partial charge in [0.1, 0.15) is 11.5 Å². The van der Waals surface area contributed by atoms with Gasteiger partial charge in [-0.1, -0.05) is 12.1 Å². The lowest BCUT2D eigenvalue weighted by molar-refractivity contribution is -0.384. The minimum atomic E-state index is -0.478. The Balaban J connectivity index is 2.21. The number of nitro groups is 1. The van der Waals surface area contributed by atoms with Crippen molar-refractivity contribution < 1.29 is 23.9 Å². The van der Waals surface area contributed by atoms with Crippen molar-refractivity contribution in [3.8, 4) is 22.6 Å². The molecule has 0 bridgehead atoms. The van der Waals surface area contributed by atoms with Crippen LogP contribution in [0.2, 0.25) is 0 Å². The van der Waals surface area contributed by atoms with E-state index in [1.807, 2.05) is 0 Å². The van der Waals surface area contributed by atoms with Gasteiger partial charge in [0.2, 0.25) is 0 Å². The molecular weight excluding hydrogens is 340 g/mol. The standard InChI is InChI=1S/C18H20N2O6/c1-24-10-9-19-18(21)12-26-17-8-5-14(20(22)23)11-16(17)13-3-6-15(25-2)7-4-13/h3-8,11H,9-10,12H2,1-2H3,(H,19,21). The Hall–Kier alpha value is -3.13. The quantitative estimate of drug-likeness (QED) is 0.419. The predicted octanol–water partition coefficient (Wildman–Crippen LogP) is 2.41. The zero-order chi connectivity index (χ0) is 18.9. The number of hydrogen-bond donors (Lipinski definition) is 1. The Bertz CT molecular complexity index is 761. The maximum atomic E-state index is 11.8. The number of nitrogens with one attached hydrogen (secondary N) is 1. The summed E-state index contributed by atoms with van der Waals surface area (Å²) in [5.41, 5.74) is 1.17. The zero-order valence-corrected chi connectivity index (χ0v) is 14.6. The van der Waals surface area contributed by atoms with Crippen molar-refractivity contribution in [2.24, 2.45) is 0 Å². The van der Waals surface area contributed by atoms with E-state index in [0.717, 1.165) is 0 Å². The maximum Gasteiger partial charge on any atom is 0.270 e. The highest BCUT2D eigenvalue weighted by Gasteiger charge is 2.14. The van der Waals surface area contributed by atoms with Gasteiger partial charge in [-0.2, -0.15) is 0 Å². The largest absolute Gasteiger partial charge is 0.497 e. The molecule has 2 aromatic rings. The Morgan fingerprint density at radius 1 is 1.15 bits per heavy atom. The minimum absolute atomic E-state index is 0.0623. The third-order valence-electron chi connectivity index (χ3n) is 3.56. The van der Waals surface area contributed by atoms with Gasteiger partial charge in [0.05, 0.1) is 18.6 Å². The van der Waals surface area contributed by atoms with Crippen molar-refractivity contribution in [2.45, 2.75) is 0 Å². The van der Waals surface area contributed by atoms with Crippen LogP contribution in [0.25, 0.3) is 11.1 Å². The van der Waals surface area contributed by atoms with E-state index in [1.165, 1.54) is 18.2 Å². The molecule has 0 aliphatic carbocycles. The van der Waals surface area contributed by atoms with E-state index in [2.05, 4.69) is 5.32 Å². The molecule has 0 heterocycles. The SMILES string of the molecule is COCCNC(=O)COc1ccc([N+](=O)[O-])cc1-c1ccc(OC)cc1. The summed E-state index contributed by atoms with van der Waals surface area (Å²) in [6.07, 6.45) is 0. The summed E-state index contributed by atoms with van der Waals surface area (Å²) in [7, 11) is 3.10. The van der Waals surface area contributed by atoms with Gasteiger partial charge < -0.3 is 19.5 Å². The molecule has 138 valence electrons. The van der Waals surface area contributed by atoms with E-state index in [4.69, 9.17) is 14.2 Å². The summed E-state index contributed by atoms with van der Waals surface area (Å²) in [5.74, 6) is 0.739. The third kappa shape index (κ3) is 5.18. The van der Waals surface area contributed by atoms with Crippen LogP contribution in [0, 0.1) is 10.1 Å². The zero-order valence-electron chi connectivity index (χ0n) is 14.6. The first kappa shape index (κ1) is 19.2. The average molecular weight is 360 g/mol. The first-order valence-corrected chi connectivity index (χ1v) is 7.86. The van der Waals surface area contributed by atoms with E-state index in [1.54, 1.807) is 38.5 Å². The van der Waals surface area contributed by atoms with Crippen molar-refractivity contribution in [3.05, 3.63) is 52.6 Å². The molecule has 1 N–H and O–H groups in total. The van der Waals surface area contributed by atoms with Crippen LogP contribution in [0.15, 0.2) is 42.5 Å². The van der Waals surface area contributed by atoms with E-state index < -0.39 is 4.92 Å². The second-order valence-electron chi connectivity index (χ2n) is 5.30. The molecule has 0 fully saturated rings. The first-order chi connectivity index (χ1) is 12.5.